The SMILES string of the molecule is O=C(O)c1ccc(NCc2cc(Br)c(O)c(Br)c2)cc1. The lowest BCUT2D eigenvalue weighted by atomic mass is 10.2. The third-order valence-electron chi connectivity index (χ3n) is 2.71. The number of carboxylic acids is 1. The molecule has 0 radical (unpaired) electrons. The quantitative estimate of drug-likeness (QED) is 0.718. The van der Waals surface area contributed by atoms with Crippen LogP contribution in [-0.2, 0) is 6.54 Å². The van der Waals surface area contributed by atoms with E-state index in [1.165, 1.54) is 0 Å². The highest BCUT2D eigenvalue weighted by Crippen LogP contribution is 2.33. The number of anilines is 1. The molecule has 0 atom stereocenters. The zero-order valence-electron chi connectivity index (χ0n) is 10.2. The zero-order chi connectivity index (χ0) is 14.7. The average molecular weight is 401 g/mol. The van der Waals surface area contributed by atoms with Gasteiger partial charge < -0.3 is 15.5 Å². The van der Waals surface area contributed by atoms with E-state index in [1.807, 2.05) is 12.1 Å². The van der Waals surface area contributed by atoms with E-state index >= 15 is 0 Å². The third-order valence-corrected chi connectivity index (χ3v) is 3.91. The maximum atomic E-state index is 10.7. The summed E-state index contributed by atoms with van der Waals surface area (Å²) < 4.78 is 1.23. The highest BCUT2D eigenvalue weighted by atomic mass is 79.9. The Bertz CT molecular complexity index is 618. The van der Waals surface area contributed by atoms with Crippen molar-refractivity contribution in [2.24, 2.45) is 0 Å². The number of hydrogen-bond acceptors (Lipinski definition) is 3. The minimum absolute atomic E-state index is 0.166. The lowest BCUT2D eigenvalue weighted by molar-refractivity contribution is 0.0697. The molecular formula is C14H11Br2NO3. The topological polar surface area (TPSA) is 69.6 Å². The van der Waals surface area contributed by atoms with Gasteiger partial charge in [-0.05, 0) is 73.8 Å². The van der Waals surface area contributed by atoms with E-state index < -0.39 is 5.97 Å². The highest BCUT2D eigenvalue weighted by molar-refractivity contribution is 9.11. The van der Waals surface area contributed by atoms with E-state index in [0.717, 1.165) is 11.3 Å². The number of phenolic OH excluding ortho intramolecular Hbond substituents is 1. The number of carbonyl (C=O) groups is 1. The lowest BCUT2D eigenvalue weighted by Gasteiger charge is -2.09. The van der Waals surface area contributed by atoms with Gasteiger partial charge in [0.2, 0.25) is 0 Å². The number of halogens is 2. The standard InChI is InChI=1S/C14H11Br2NO3/c15-11-5-8(6-12(16)13(11)18)7-17-10-3-1-9(2-4-10)14(19)20/h1-6,17-18H,7H2,(H,19,20). The van der Waals surface area contributed by atoms with Gasteiger partial charge in [0, 0.05) is 12.2 Å². The van der Waals surface area contributed by atoms with Gasteiger partial charge in [0.25, 0.3) is 0 Å². The fourth-order valence-corrected chi connectivity index (χ4v) is 2.94. The van der Waals surface area contributed by atoms with Crippen LogP contribution in [0.2, 0.25) is 0 Å². The van der Waals surface area contributed by atoms with Gasteiger partial charge in [-0.25, -0.2) is 4.79 Å². The fraction of sp³-hybridized carbons (Fsp3) is 0.0714. The Hall–Kier alpha value is -1.53. The largest absolute Gasteiger partial charge is 0.506 e. The smallest absolute Gasteiger partial charge is 0.335 e. The van der Waals surface area contributed by atoms with Crippen LogP contribution in [0.3, 0.4) is 0 Å². The van der Waals surface area contributed by atoms with Crippen LogP contribution in [0.25, 0.3) is 0 Å². The number of benzene rings is 2. The fourth-order valence-electron chi connectivity index (χ4n) is 1.65. The summed E-state index contributed by atoms with van der Waals surface area (Å²) in [5.74, 6) is -0.775. The molecular weight excluding hydrogens is 390 g/mol. The number of hydrogen-bond donors (Lipinski definition) is 3. The maximum absolute atomic E-state index is 10.7. The van der Waals surface area contributed by atoms with Crippen LogP contribution in [0, 0.1) is 0 Å². The van der Waals surface area contributed by atoms with Gasteiger partial charge in [-0.3, -0.25) is 0 Å². The summed E-state index contributed by atoms with van der Waals surface area (Å²) in [6.45, 7) is 0.559. The van der Waals surface area contributed by atoms with Crippen molar-refractivity contribution < 1.29 is 15.0 Å². The van der Waals surface area contributed by atoms with Crippen LogP contribution in [0.5, 0.6) is 5.75 Å². The summed E-state index contributed by atoms with van der Waals surface area (Å²) in [6, 6.07) is 10.2. The first-order valence-electron chi connectivity index (χ1n) is 5.71. The van der Waals surface area contributed by atoms with Gasteiger partial charge in [0.15, 0.2) is 0 Å². The second-order valence-electron chi connectivity index (χ2n) is 4.14. The van der Waals surface area contributed by atoms with Crippen molar-refractivity contribution in [3.8, 4) is 5.75 Å². The minimum atomic E-state index is -0.942. The Morgan fingerprint density at radius 1 is 1.10 bits per heavy atom. The van der Waals surface area contributed by atoms with Crippen LogP contribution in [0.4, 0.5) is 5.69 Å². The molecule has 0 amide bonds. The minimum Gasteiger partial charge on any atom is -0.506 e. The van der Waals surface area contributed by atoms with Crippen LogP contribution in [0.15, 0.2) is 45.3 Å². The molecule has 2 aromatic carbocycles. The van der Waals surface area contributed by atoms with Crippen molar-refractivity contribution in [1.29, 1.82) is 0 Å². The van der Waals surface area contributed by atoms with E-state index in [9.17, 15) is 9.90 Å². The Labute approximate surface area is 132 Å². The highest BCUT2D eigenvalue weighted by Gasteiger charge is 2.06. The molecule has 2 rings (SSSR count). The maximum Gasteiger partial charge on any atom is 0.335 e. The number of nitrogens with one attached hydrogen (secondary N) is 1. The van der Waals surface area contributed by atoms with Crippen molar-refractivity contribution in [1.82, 2.24) is 0 Å². The molecule has 2 aromatic rings. The predicted molar refractivity (Wildman–Crippen MR) is 84.2 cm³/mol. The first-order chi connectivity index (χ1) is 9.47. The summed E-state index contributed by atoms with van der Waals surface area (Å²) in [6.07, 6.45) is 0. The molecule has 0 fully saturated rings. The van der Waals surface area contributed by atoms with Gasteiger partial charge in [-0.2, -0.15) is 0 Å². The summed E-state index contributed by atoms with van der Waals surface area (Å²) in [4.78, 5) is 10.7. The molecule has 0 saturated carbocycles. The van der Waals surface area contributed by atoms with Crippen molar-refractivity contribution >= 4 is 43.5 Å². The van der Waals surface area contributed by atoms with E-state index in [4.69, 9.17) is 5.11 Å². The molecule has 4 nitrogen and oxygen atoms in total. The average Bonchev–Trinajstić information content (AvgIpc) is 2.42. The Morgan fingerprint density at radius 2 is 1.65 bits per heavy atom. The Kier molecular flexibility index (Phi) is 4.67. The second kappa shape index (κ2) is 6.28. The molecule has 0 aliphatic heterocycles. The Balaban J connectivity index is 2.07. The summed E-state index contributed by atoms with van der Waals surface area (Å²) >= 11 is 6.55. The zero-order valence-corrected chi connectivity index (χ0v) is 13.4. The van der Waals surface area contributed by atoms with E-state index in [-0.39, 0.29) is 11.3 Å². The number of carboxylic acid groups (broad SMARTS) is 1. The van der Waals surface area contributed by atoms with Gasteiger partial charge in [0.05, 0.1) is 14.5 Å². The number of aromatic carboxylic acids is 1. The monoisotopic (exact) mass is 399 g/mol. The van der Waals surface area contributed by atoms with E-state index in [2.05, 4.69) is 37.2 Å². The Morgan fingerprint density at radius 3 is 2.15 bits per heavy atom. The van der Waals surface area contributed by atoms with Gasteiger partial charge >= 0.3 is 5.97 Å². The molecule has 0 aliphatic carbocycles. The molecule has 0 unspecified atom stereocenters. The summed E-state index contributed by atoms with van der Waals surface area (Å²) in [5.41, 5.74) is 2.06. The van der Waals surface area contributed by atoms with Crippen molar-refractivity contribution in [2.75, 3.05) is 5.32 Å². The molecule has 0 aliphatic rings. The van der Waals surface area contributed by atoms with Gasteiger partial charge in [-0.15, -0.1) is 0 Å². The van der Waals surface area contributed by atoms with Crippen LogP contribution in [-0.4, -0.2) is 16.2 Å². The van der Waals surface area contributed by atoms with E-state index in [1.54, 1.807) is 24.3 Å². The molecule has 0 heterocycles. The van der Waals surface area contributed by atoms with Crippen LogP contribution >= 0.6 is 31.9 Å². The molecule has 0 saturated heterocycles. The molecule has 6 heteroatoms. The molecule has 0 spiro atoms. The number of rotatable bonds is 4. The van der Waals surface area contributed by atoms with E-state index in [0.29, 0.717) is 15.5 Å². The van der Waals surface area contributed by atoms with Gasteiger partial charge in [-0.1, -0.05) is 0 Å². The summed E-state index contributed by atoms with van der Waals surface area (Å²) in [7, 11) is 0. The third kappa shape index (κ3) is 3.52. The van der Waals surface area contributed by atoms with Crippen LogP contribution < -0.4 is 5.32 Å². The molecule has 0 aromatic heterocycles. The predicted octanol–water partition coefficient (Wildman–Crippen LogP) is 4.23. The normalized spacial score (nSPS) is 10.3. The second-order valence-corrected chi connectivity index (χ2v) is 5.85. The summed E-state index contributed by atoms with van der Waals surface area (Å²) in [5, 5.41) is 21.6. The van der Waals surface area contributed by atoms with Gasteiger partial charge in [0.1, 0.15) is 5.75 Å². The number of phenols is 1. The first kappa shape index (κ1) is 14.9. The molecule has 104 valence electrons. The van der Waals surface area contributed by atoms with Crippen molar-refractivity contribution in [2.45, 2.75) is 6.54 Å². The molecule has 3 N–H and O–H groups in total. The lowest BCUT2D eigenvalue weighted by Crippen LogP contribution is -2.01. The molecule has 20 heavy (non-hydrogen) atoms. The first-order valence-corrected chi connectivity index (χ1v) is 7.30. The van der Waals surface area contributed by atoms with Crippen LogP contribution in [0.1, 0.15) is 15.9 Å². The number of aromatic hydroxyl groups is 1. The molecule has 0 bridgehead atoms. The van der Waals surface area contributed by atoms with Crippen molar-refractivity contribution in [3.05, 3.63) is 56.5 Å². The van der Waals surface area contributed by atoms with Crippen molar-refractivity contribution in [3.63, 3.8) is 0 Å².